The molecular formula is C18H18N2O3. The topological polar surface area (TPSA) is 78.4 Å². The van der Waals surface area contributed by atoms with Crippen LogP contribution in [0.3, 0.4) is 0 Å². The Balaban J connectivity index is 1.99. The molecule has 3 aromatic rings. The molecule has 2 N–H and O–H groups in total. The Morgan fingerprint density at radius 1 is 1.26 bits per heavy atom. The molecule has 1 heterocycles. The van der Waals surface area contributed by atoms with E-state index >= 15 is 0 Å². The van der Waals surface area contributed by atoms with Crippen LogP contribution in [0.25, 0.3) is 22.6 Å². The molecule has 0 radical (unpaired) electrons. The molecule has 1 amide bonds. The summed E-state index contributed by atoms with van der Waals surface area (Å²) in [5.74, 6) is 0.678. The highest BCUT2D eigenvalue weighted by molar-refractivity contribution is 5.84. The van der Waals surface area contributed by atoms with Crippen LogP contribution in [-0.4, -0.2) is 18.0 Å². The van der Waals surface area contributed by atoms with Crippen molar-refractivity contribution in [3.05, 3.63) is 48.0 Å². The molecule has 0 saturated carbocycles. The molecule has 1 atom stereocenters. The lowest BCUT2D eigenvalue weighted by Gasteiger charge is -2.10. The highest BCUT2D eigenvalue weighted by atomic mass is 16.5. The van der Waals surface area contributed by atoms with E-state index in [4.69, 9.17) is 14.9 Å². The first-order valence-electron chi connectivity index (χ1n) is 7.46. The zero-order chi connectivity index (χ0) is 16.4. The molecule has 0 bridgehead atoms. The lowest BCUT2D eigenvalue weighted by Crippen LogP contribution is -2.20. The Hall–Kier alpha value is -2.82. The molecule has 0 aliphatic heterocycles. The maximum Gasteiger partial charge on any atom is 0.227 e. The van der Waals surface area contributed by atoms with Gasteiger partial charge < -0.3 is 14.9 Å². The summed E-state index contributed by atoms with van der Waals surface area (Å²) < 4.78 is 10.9. The number of hydrogen-bond acceptors (Lipinski definition) is 4. The Morgan fingerprint density at radius 3 is 2.61 bits per heavy atom. The zero-order valence-electron chi connectivity index (χ0n) is 13.1. The van der Waals surface area contributed by atoms with Crippen molar-refractivity contribution in [3.8, 4) is 17.2 Å². The summed E-state index contributed by atoms with van der Waals surface area (Å²) in [4.78, 5) is 16.0. The molecule has 1 unspecified atom stereocenters. The van der Waals surface area contributed by atoms with Gasteiger partial charge in [0.2, 0.25) is 11.8 Å². The number of rotatable bonds is 5. The molecule has 3 rings (SSSR count). The summed E-state index contributed by atoms with van der Waals surface area (Å²) in [5, 5.41) is 0. The first kappa shape index (κ1) is 15.1. The largest absolute Gasteiger partial charge is 0.497 e. The molecule has 5 nitrogen and oxygen atoms in total. The molecule has 5 heteroatoms. The third-order valence-electron chi connectivity index (χ3n) is 3.90. The Bertz CT molecular complexity index is 837. The molecule has 0 spiro atoms. The van der Waals surface area contributed by atoms with Gasteiger partial charge in [0.15, 0.2) is 5.58 Å². The second-order valence-corrected chi connectivity index (χ2v) is 5.34. The third-order valence-corrected chi connectivity index (χ3v) is 3.90. The molecular weight excluding hydrogens is 292 g/mol. The van der Waals surface area contributed by atoms with Gasteiger partial charge in [-0.1, -0.05) is 13.0 Å². The van der Waals surface area contributed by atoms with Gasteiger partial charge in [-0.3, -0.25) is 4.79 Å². The fourth-order valence-corrected chi connectivity index (χ4v) is 2.62. The van der Waals surface area contributed by atoms with E-state index in [0.717, 1.165) is 16.9 Å². The third kappa shape index (κ3) is 2.90. The van der Waals surface area contributed by atoms with Crippen molar-refractivity contribution in [3.63, 3.8) is 0 Å². The van der Waals surface area contributed by atoms with Crippen LogP contribution in [0.2, 0.25) is 0 Å². The van der Waals surface area contributed by atoms with Gasteiger partial charge in [-0.05, 0) is 48.4 Å². The molecule has 1 aromatic heterocycles. The zero-order valence-corrected chi connectivity index (χ0v) is 13.1. The number of primary amides is 1. The van der Waals surface area contributed by atoms with Gasteiger partial charge >= 0.3 is 0 Å². The number of aromatic nitrogens is 1. The number of methoxy groups -OCH3 is 1. The van der Waals surface area contributed by atoms with Crippen molar-refractivity contribution in [1.29, 1.82) is 0 Å². The molecule has 0 aliphatic carbocycles. The first-order valence-corrected chi connectivity index (χ1v) is 7.46. The van der Waals surface area contributed by atoms with Crippen LogP contribution in [0.15, 0.2) is 46.9 Å². The summed E-state index contributed by atoms with van der Waals surface area (Å²) >= 11 is 0. The molecule has 118 valence electrons. The van der Waals surface area contributed by atoms with Crippen molar-refractivity contribution < 1.29 is 13.9 Å². The average Bonchev–Trinajstić information content (AvgIpc) is 2.98. The number of carbonyl (C=O) groups is 1. The van der Waals surface area contributed by atoms with Crippen LogP contribution < -0.4 is 10.5 Å². The second kappa shape index (κ2) is 6.12. The SMILES string of the molecule is CCC(C(N)=O)c1ccc2oc(-c3ccc(OC)cc3)nc2c1. The normalized spacial score (nSPS) is 12.3. The van der Waals surface area contributed by atoms with Crippen LogP contribution in [0.5, 0.6) is 5.75 Å². The molecule has 23 heavy (non-hydrogen) atoms. The number of fused-ring (bicyclic) bond motifs is 1. The highest BCUT2D eigenvalue weighted by Gasteiger charge is 2.17. The second-order valence-electron chi connectivity index (χ2n) is 5.34. The molecule has 0 fully saturated rings. The number of nitrogens with two attached hydrogens (primary N) is 1. The predicted molar refractivity (Wildman–Crippen MR) is 88.2 cm³/mol. The van der Waals surface area contributed by atoms with Gasteiger partial charge in [-0.2, -0.15) is 0 Å². The van der Waals surface area contributed by atoms with Crippen molar-refractivity contribution >= 4 is 17.0 Å². The predicted octanol–water partition coefficient (Wildman–Crippen LogP) is 3.48. The van der Waals surface area contributed by atoms with E-state index in [9.17, 15) is 4.79 Å². The van der Waals surface area contributed by atoms with Crippen molar-refractivity contribution in [1.82, 2.24) is 4.98 Å². The lowest BCUT2D eigenvalue weighted by molar-refractivity contribution is -0.119. The van der Waals surface area contributed by atoms with Gasteiger partial charge in [0.25, 0.3) is 0 Å². The van der Waals surface area contributed by atoms with Gasteiger partial charge in [-0.15, -0.1) is 0 Å². The molecule has 0 aliphatic rings. The summed E-state index contributed by atoms with van der Waals surface area (Å²) in [6, 6.07) is 13.1. The van der Waals surface area contributed by atoms with E-state index in [1.165, 1.54) is 0 Å². The first-order chi connectivity index (χ1) is 11.1. The van der Waals surface area contributed by atoms with E-state index < -0.39 is 0 Å². The fraction of sp³-hybridized carbons (Fsp3) is 0.222. The van der Waals surface area contributed by atoms with Gasteiger partial charge in [-0.25, -0.2) is 4.98 Å². The van der Waals surface area contributed by atoms with Crippen LogP contribution in [0, 0.1) is 0 Å². The van der Waals surface area contributed by atoms with Crippen molar-refractivity contribution in [2.45, 2.75) is 19.3 Å². The number of amides is 1. The van der Waals surface area contributed by atoms with E-state index in [-0.39, 0.29) is 11.8 Å². The van der Waals surface area contributed by atoms with Gasteiger partial charge in [0.1, 0.15) is 11.3 Å². The Morgan fingerprint density at radius 2 is 2.00 bits per heavy atom. The summed E-state index contributed by atoms with van der Waals surface area (Å²) in [6.45, 7) is 1.94. The summed E-state index contributed by atoms with van der Waals surface area (Å²) in [7, 11) is 1.62. The highest BCUT2D eigenvalue weighted by Crippen LogP contribution is 2.28. The smallest absolute Gasteiger partial charge is 0.227 e. The van der Waals surface area contributed by atoms with Crippen molar-refractivity contribution in [2.75, 3.05) is 7.11 Å². The maximum absolute atomic E-state index is 11.5. The van der Waals surface area contributed by atoms with Gasteiger partial charge in [0.05, 0.1) is 13.0 Å². The Kier molecular flexibility index (Phi) is 4.02. The summed E-state index contributed by atoms with van der Waals surface area (Å²) in [5.41, 5.74) is 8.58. The van der Waals surface area contributed by atoms with E-state index in [2.05, 4.69) is 4.98 Å². The average molecular weight is 310 g/mol. The fourth-order valence-electron chi connectivity index (χ4n) is 2.62. The van der Waals surface area contributed by atoms with E-state index in [1.807, 2.05) is 49.4 Å². The van der Waals surface area contributed by atoms with Crippen LogP contribution in [0.1, 0.15) is 24.8 Å². The van der Waals surface area contributed by atoms with Crippen LogP contribution >= 0.6 is 0 Å². The number of hydrogen-bond donors (Lipinski definition) is 1. The Labute approximate surface area is 134 Å². The minimum absolute atomic E-state index is 0.305. The number of oxazole rings is 1. The molecule has 0 saturated heterocycles. The lowest BCUT2D eigenvalue weighted by atomic mass is 9.96. The number of benzene rings is 2. The minimum atomic E-state index is -0.328. The van der Waals surface area contributed by atoms with Crippen LogP contribution in [0.4, 0.5) is 0 Å². The summed E-state index contributed by atoms with van der Waals surface area (Å²) in [6.07, 6.45) is 0.657. The number of nitrogens with zero attached hydrogens (tertiary/aromatic N) is 1. The minimum Gasteiger partial charge on any atom is -0.497 e. The maximum atomic E-state index is 11.5. The van der Waals surface area contributed by atoms with E-state index in [1.54, 1.807) is 7.11 Å². The van der Waals surface area contributed by atoms with Gasteiger partial charge in [0, 0.05) is 5.56 Å². The van der Waals surface area contributed by atoms with Crippen LogP contribution in [-0.2, 0) is 4.79 Å². The standard InChI is InChI=1S/C18H18N2O3/c1-3-14(17(19)21)12-6-9-16-15(10-12)20-18(23-16)11-4-7-13(22-2)8-5-11/h4-10,14H,3H2,1-2H3,(H2,19,21). The molecule has 2 aromatic carbocycles. The monoisotopic (exact) mass is 310 g/mol. The van der Waals surface area contributed by atoms with E-state index in [0.29, 0.717) is 23.4 Å². The number of ether oxygens (including phenoxy) is 1. The van der Waals surface area contributed by atoms with Crippen molar-refractivity contribution in [2.24, 2.45) is 5.73 Å². The quantitative estimate of drug-likeness (QED) is 0.782. The number of carbonyl (C=O) groups excluding carboxylic acids is 1.